The third-order valence-electron chi connectivity index (χ3n) is 4.86. The molecule has 1 fully saturated rings. The van der Waals surface area contributed by atoms with Crippen LogP contribution in [-0.2, 0) is 4.74 Å². The molecule has 0 unspecified atom stereocenters. The number of amides is 2. The van der Waals surface area contributed by atoms with Crippen LogP contribution in [0.2, 0.25) is 0 Å². The number of nitrogens with zero attached hydrogens (tertiary/aromatic N) is 2. The lowest BCUT2D eigenvalue weighted by Gasteiger charge is -2.32. The number of ether oxygens (including phenoxy) is 1. The number of anilines is 1. The minimum absolute atomic E-state index is 0.0299. The average Bonchev–Trinajstić information content (AvgIpc) is 2.74. The molecule has 2 aromatic rings. The molecular weight excluding hydrogens is 370 g/mol. The maximum atomic E-state index is 12.6. The zero-order valence-electron chi connectivity index (χ0n) is 16.7. The maximum Gasteiger partial charge on any atom is 0.340 e. The van der Waals surface area contributed by atoms with E-state index in [0.29, 0.717) is 35.5 Å². The van der Waals surface area contributed by atoms with E-state index in [9.17, 15) is 14.4 Å². The summed E-state index contributed by atoms with van der Waals surface area (Å²) < 4.78 is 5.03. The lowest BCUT2D eigenvalue weighted by molar-refractivity contribution is 0.0527. The summed E-state index contributed by atoms with van der Waals surface area (Å²) in [7, 11) is 2.04. The zero-order chi connectivity index (χ0) is 20.8. The van der Waals surface area contributed by atoms with Gasteiger partial charge in [0.1, 0.15) is 0 Å². The first-order valence-corrected chi connectivity index (χ1v) is 9.65. The van der Waals surface area contributed by atoms with Crippen molar-refractivity contribution in [1.29, 1.82) is 0 Å². The summed E-state index contributed by atoms with van der Waals surface area (Å²) in [5, 5.41) is 2.74. The molecule has 0 bridgehead atoms. The highest BCUT2D eigenvalue weighted by Crippen LogP contribution is 2.18. The number of carbonyl (C=O) groups is 3. The molecule has 1 heterocycles. The third-order valence-corrected chi connectivity index (χ3v) is 4.86. The Labute approximate surface area is 170 Å². The van der Waals surface area contributed by atoms with Crippen molar-refractivity contribution in [3.05, 3.63) is 65.2 Å². The number of hydrogen-bond donors (Lipinski definition) is 1. The largest absolute Gasteiger partial charge is 0.462 e. The van der Waals surface area contributed by atoms with Crippen LogP contribution < -0.4 is 5.32 Å². The van der Waals surface area contributed by atoms with E-state index >= 15 is 0 Å². The molecule has 7 nitrogen and oxygen atoms in total. The number of hydrogen-bond acceptors (Lipinski definition) is 5. The van der Waals surface area contributed by atoms with Gasteiger partial charge in [-0.1, -0.05) is 12.1 Å². The number of esters is 1. The van der Waals surface area contributed by atoms with Crippen molar-refractivity contribution < 1.29 is 19.1 Å². The fourth-order valence-corrected chi connectivity index (χ4v) is 3.13. The molecule has 0 aliphatic carbocycles. The highest BCUT2D eigenvalue weighted by Gasteiger charge is 2.21. The van der Waals surface area contributed by atoms with Gasteiger partial charge in [0.05, 0.1) is 17.9 Å². The molecule has 2 amide bonds. The molecule has 0 atom stereocenters. The van der Waals surface area contributed by atoms with Crippen LogP contribution in [0.5, 0.6) is 0 Å². The molecule has 2 aromatic carbocycles. The zero-order valence-corrected chi connectivity index (χ0v) is 16.7. The van der Waals surface area contributed by atoms with Gasteiger partial charge >= 0.3 is 5.97 Å². The predicted octanol–water partition coefficient (Wildman–Crippen LogP) is 2.50. The number of rotatable bonds is 5. The third kappa shape index (κ3) is 5.00. The van der Waals surface area contributed by atoms with Crippen LogP contribution in [-0.4, -0.2) is 67.4 Å². The molecule has 29 heavy (non-hydrogen) atoms. The molecule has 0 aromatic heterocycles. The molecule has 1 aliphatic rings. The Balaban J connectivity index is 1.68. The van der Waals surface area contributed by atoms with Crippen molar-refractivity contribution in [3.63, 3.8) is 0 Å². The van der Waals surface area contributed by atoms with Gasteiger partial charge in [-0.15, -0.1) is 0 Å². The van der Waals surface area contributed by atoms with E-state index in [0.717, 1.165) is 13.1 Å². The Bertz CT molecular complexity index is 887. The number of likely N-dealkylation sites (N-methyl/N-ethyl adjacent to an activating group) is 1. The van der Waals surface area contributed by atoms with Gasteiger partial charge in [-0.25, -0.2) is 4.79 Å². The van der Waals surface area contributed by atoms with Crippen molar-refractivity contribution in [1.82, 2.24) is 9.80 Å². The first kappa shape index (κ1) is 20.5. The molecular formula is C22H25N3O4. The topological polar surface area (TPSA) is 78.9 Å². The highest BCUT2D eigenvalue weighted by molar-refractivity contribution is 6.08. The number of nitrogens with one attached hydrogen (secondary N) is 1. The normalized spacial score (nSPS) is 14.3. The van der Waals surface area contributed by atoms with E-state index in [1.54, 1.807) is 55.5 Å². The number of benzene rings is 2. The van der Waals surface area contributed by atoms with Crippen molar-refractivity contribution in [3.8, 4) is 0 Å². The van der Waals surface area contributed by atoms with Crippen LogP contribution in [0.3, 0.4) is 0 Å². The van der Waals surface area contributed by atoms with Gasteiger partial charge < -0.3 is 19.9 Å². The first-order chi connectivity index (χ1) is 14.0. The Morgan fingerprint density at radius 1 is 0.931 bits per heavy atom. The van der Waals surface area contributed by atoms with Gasteiger partial charge in [0.15, 0.2) is 0 Å². The number of para-hydroxylation sites is 1. The summed E-state index contributed by atoms with van der Waals surface area (Å²) in [5.74, 6) is -0.880. The highest BCUT2D eigenvalue weighted by atomic mass is 16.5. The van der Waals surface area contributed by atoms with Crippen LogP contribution in [0.1, 0.15) is 38.0 Å². The van der Waals surface area contributed by atoms with Crippen molar-refractivity contribution in [2.75, 3.05) is 45.2 Å². The second kappa shape index (κ2) is 9.34. The van der Waals surface area contributed by atoms with E-state index in [1.807, 2.05) is 11.9 Å². The minimum Gasteiger partial charge on any atom is -0.462 e. The molecule has 152 valence electrons. The fraction of sp³-hybridized carbons (Fsp3) is 0.318. The molecule has 0 saturated carbocycles. The molecule has 1 aliphatic heterocycles. The van der Waals surface area contributed by atoms with Gasteiger partial charge in [0, 0.05) is 37.3 Å². The maximum absolute atomic E-state index is 12.6. The summed E-state index contributed by atoms with van der Waals surface area (Å²) in [5.41, 5.74) is 1.63. The van der Waals surface area contributed by atoms with Crippen molar-refractivity contribution in [2.45, 2.75) is 6.92 Å². The van der Waals surface area contributed by atoms with E-state index in [1.165, 1.54) is 0 Å². The lowest BCUT2D eigenvalue weighted by atomic mass is 10.1. The Kier molecular flexibility index (Phi) is 6.61. The van der Waals surface area contributed by atoms with E-state index in [2.05, 4.69) is 10.2 Å². The Hall–Kier alpha value is -3.19. The van der Waals surface area contributed by atoms with Gasteiger partial charge in [-0.2, -0.15) is 0 Å². The van der Waals surface area contributed by atoms with E-state index < -0.39 is 5.97 Å². The van der Waals surface area contributed by atoms with Crippen LogP contribution in [0, 0.1) is 0 Å². The van der Waals surface area contributed by atoms with Gasteiger partial charge in [0.25, 0.3) is 11.8 Å². The minimum atomic E-state index is -0.489. The summed E-state index contributed by atoms with van der Waals surface area (Å²) in [6.07, 6.45) is 0. The fourth-order valence-electron chi connectivity index (χ4n) is 3.13. The molecule has 0 radical (unpaired) electrons. The smallest absolute Gasteiger partial charge is 0.340 e. The number of piperazine rings is 1. The van der Waals surface area contributed by atoms with Gasteiger partial charge in [0.2, 0.25) is 0 Å². The molecule has 0 spiro atoms. The lowest BCUT2D eigenvalue weighted by Crippen LogP contribution is -2.47. The van der Waals surface area contributed by atoms with E-state index in [-0.39, 0.29) is 18.4 Å². The summed E-state index contributed by atoms with van der Waals surface area (Å²) in [4.78, 5) is 41.3. The van der Waals surface area contributed by atoms with Crippen LogP contribution in [0.25, 0.3) is 0 Å². The second-order valence-electron chi connectivity index (χ2n) is 6.89. The average molecular weight is 395 g/mol. The first-order valence-electron chi connectivity index (χ1n) is 9.65. The summed E-state index contributed by atoms with van der Waals surface area (Å²) >= 11 is 0. The number of carbonyl (C=O) groups excluding carboxylic acids is 3. The molecule has 3 rings (SSSR count). The quantitative estimate of drug-likeness (QED) is 0.787. The molecule has 7 heteroatoms. The van der Waals surface area contributed by atoms with Crippen LogP contribution >= 0.6 is 0 Å². The van der Waals surface area contributed by atoms with Gasteiger partial charge in [-0.3, -0.25) is 9.59 Å². The van der Waals surface area contributed by atoms with Crippen molar-refractivity contribution >= 4 is 23.5 Å². The molecule has 1 N–H and O–H groups in total. The predicted molar refractivity (Wildman–Crippen MR) is 110 cm³/mol. The van der Waals surface area contributed by atoms with Crippen molar-refractivity contribution in [2.24, 2.45) is 0 Å². The summed E-state index contributed by atoms with van der Waals surface area (Å²) in [6, 6.07) is 13.2. The standard InChI is InChI=1S/C22H25N3O4/c1-3-29-22(28)18-6-4-5-7-19(18)23-20(26)16-8-10-17(11-9-16)21(27)25-14-12-24(2)13-15-25/h4-11H,3,12-15H2,1-2H3,(H,23,26). The van der Waals surface area contributed by atoms with Gasteiger partial charge in [-0.05, 0) is 50.4 Å². The summed E-state index contributed by atoms with van der Waals surface area (Å²) in [6.45, 7) is 5.08. The monoisotopic (exact) mass is 395 g/mol. The van der Waals surface area contributed by atoms with Crippen LogP contribution in [0.4, 0.5) is 5.69 Å². The Morgan fingerprint density at radius 3 is 2.21 bits per heavy atom. The van der Waals surface area contributed by atoms with Crippen LogP contribution in [0.15, 0.2) is 48.5 Å². The second-order valence-corrected chi connectivity index (χ2v) is 6.89. The Morgan fingerprint density at radius 2 is 1.55 bits per heavy atom. The SMILES string of the molecule is CCOC(=O)c1ccccc1NC(=O)c1ccc(C(=O)N2CCN(C)CC2)cc1. The molecule has 1 saturated heterocycles. The van der Waals surface area contributed by atoms with E-state index in [4.69, 9.17) is 4.74 Å².